The lowest BCUT2D eigenvalue weighted by Gasteiger charge is -2.17. The number of fused-ring (bicyclic) bond motifs is 1. The van der Waals surface area contributed by atoms with Crippen molar-refractivity contribution in [1.82, 2.24) is 9.62 Å². The summed E-state index contributed by atoms with van der Waals surface area (Å²) in [5, 5.41) is 6.83. The van der Waals surface area contributed by atoms with Crippen molar-refractivity contribution < 1.29 is 12.8 Å². The zero-order valence-electron chi connectivity index (χ0n) is 13.7. The van der Waals surface area contributed by atoms with Gasteiger partial charge >= 0.3 is 0 Å². The summed E-state index contributed by atoms with van der Waals surface area (Å²) in [7, 11) is -3.72. The first-order valence-electron chi connectivity index (χ1n) is 8.38. The number of nitrogens with one attached hydrogen (secondary N) is 2. The van der Waals surface area contributed by atoms with Gasteiger partial charge in [-0.25, -0.2) is 12.8 Å². The molecule has 0 spiro atoms. The van der Waals surface area contributed by atoms with Crippen LogP contribution in [0, 0.1) is 5.82 Å². The van der Waals surface area contributed by atoms with E-state index in [0.717, 1.165) is 42.4 Å². The Morgan fingerprint density at radius 3 is 2.76 bits per heavy atom. The van der Waals surface area contributed by atoms with Crippen LogP contribution in [0.25, 0.3) is 0 Å². The van der Waals surface area contributed by atoms with Crippen molar-refractivity contribution in [3.63, 3.8) is 0 Å². The summed E-state index contributed by atoms with van der Waals surface area (Å²) in [5.74, 6) is -0.547. The number of halogens is 1. The summed E-state index contributed by atoms with van der Waals surface area (Å²) >= 11 is 0. The van der Waals surface area contributed by atoms with Crippen molar-refractivity contribution in [2.24, 2.45) is 0 Å². The zero-order chi connectivity index (χ0) is 17.4. The Morgan fingerprint density at radius 1 is 1.16 bits per heavy atom. The summed E-state index contributed by atoms with van der Waals surface area (Å²) < 4.78 is 40.5. The Balaban J connectivity index is 1.60. The highest BCUT2D eigenvalue weighted by atomic mass is 32.2. The highest BCUT2D eigenvalue weighted by Crippen LogP contribution is 2.33. The minimum Gasteiger partial charge on any atom is -0.381 e. The van der Waals surface area contributed by atoms with Crippen LogP contribution in [-0.2, 0) is 23.1 Å². The van der Waals surface area contributed by atoms with Crippen molar-refractivity contribution in [2.75, 3.05) is 18.4 Å². The average molecular weight is 361 g/mol. The molecule has 2 heterocycles. The maximum absolute atomic E-state index is 13.4. The van der Waals surface area contributed by atoms with Crippen molar-refractivity contribution in [3.8, 4) is 0 Å². The molecule has 0 amide bonds. The molecule has 2 aliphatic rings. The molecule has 1 unspecified atom stereocenters. The predicted octanol–water partition coefficient (Wildman–Crippen LogP) is 2.30. The highest BCUT2D eigenvalue weighted by Gasteiger charge is 2.32. The van der Waals surface area contributed by atoms with Crippen LogP contribution in [0.2, 0.25) is 0 Å². The van der Waals surface area contributed by atoms with Gasteiger partial charge in [-0.05, 0) is 48.4 Å². The maximum Gasteiger partial charge on any atom is 0.243 e. The molecule has 0 aliphatic carbocycles. The number of hydrogen-bond donors (Lipinski definition) is 2. The lowest BCUT2D eigenvalue weighted by atomic mass is 10.1. The van der Waals surface area contributed by atoms with Gasteiger partial charge < -0.3 is 10.6 Å². The number of hydrogen-bond acceptors (Lipinski definition) is 4. The molecule has 1 saturated heterocycles. The van der Waals surface area contributed by atoms with Crippen molar-refractivity contribution in [3.05, 3.63) is 59.4 Å². The zero-order valence-corrected chi connectivity index (χ0v) is 14.5. The third kappa shape index (κ3) is 3.15. The fraction of sp³-hybridized carbons (Fsp3) is 0.333. The SMILES string of the molecule is O=S(=O)(c1cccc(F)c1)N1Cc2cccc(NC3CCNC3)c2C1. The molecule has 2 aliphatic heterocycles. The van der Waals surface area contributed by atoms with Crippen LogP contribution in [0.1, 0.15) is 17.5 Å². The van der Waals surface area contributed by atoms with Gasteiger partial charge in [-0.15, -0.1) is 0 Å². The molecule has 0 bridgehead atoms. The summed E-state index contributed by atoms with van der Waals surface area (Å²) in [5.41, 5.74) is 2.99. The van der Waals surface area contributed by atoms with E-state index >= 15 is 0 Å². The van der Waals surface area contributed by atoms with Crippen LogP contribution < -0.4 is 10.6 Å². The van der Waals surface area contributed by atoms with Gasteiger partial charge in [0.25, 0.3) is 0 Å². The molecule has 0 radical (unpaired) electrons. The van der Waals surface area contributed by atoms with E-state index in [9.17, 15) is 12.8 Å². The number of nitrogens with zero attached hydrogens (tertiary/aromatic N) is 1. The van der Waals surface area contributed by atoms with Crippen LogP contribution in [0.4, 0.5) is 10.1 Å². The second kappa shape index (κ2) is 6.40. The molecule has 2 aromatic carbocycles. The van der Waals surface area contributed by atoms with Crippen molar-refractivity contribution in [1.29, 1.82) is 0 Å². The maximum atomic E-state index is 13.4. The van der Waals surface area contributed by atoms with Crippen LogP contribution in [0.15, 0.2) is 47.4 Å². The van der Waals surface area contributed by atoms with Gasteiger partial charge in [0, 0.05) is 31.4 Å². The second-order valence-electron chi connectivity index (χ2n) is 6.51. The van der Waals surface area contributed by atoms with E-state index in [1.165, 1.54) is 22.5 Å². The number of benzene rings is 2. The molecule has 7 heteroatoms. The van der Waals surface area contributed by atoms with Gasteiger partial charge in [-0.1, -0.05) is 18.2 Å². The van der Waals surface area contributed by atoms with Crippen LogP contribution in [0.5, 0.6) is 0 Å². The molecule has 2 aromatic rings. The lowest BCUT2D eigenvalue weighted by Crippen LogP contribution is -2.26. The Kier molecular flexibility index (Phi) is 4.23. The number of anilines is 1. The molecular formula is C18H20FN3O2S. The van der Waals surface area contributed by atoms with Gasteiger partial charge in [0.15, 0.2) is 0 Å². The van der Waals surface area contributed by atoms with E-state index in [4.69, 9.17) is 0 Å². The van der Waals surface area contributed by atoms with Crippen molar-refractivity contribution in [2.45, 2.75) is 30.4 Å². The third-order valence-corrected chi connectivity index (χ3v) is 6.60. The fourth-order valence-electron chi connectivity index (χ4n) is 3.47. The molecule has 25 heavy (non-hydrogen) atoms. The Labute approximate surface area is 146 Å². The summed E-state index contributed by atoms with van der Waals surface area (Å²) in [6.07, 6.45) is 1.05. The number of sulfonamides is 1. The second-order valence-corrected chi connectivity index (χ2v) is 8.45. The molecule has 2 N–H and O–H groups in total. The van der Waals surface area contributed by atoms with Crippen LogP contribution in [0.3, 0.4) is 0 Å². The molecule has 0 aromatic heterocycles. The fourth-order valence-corrected chi connectivity index (χ4v) is 4.89. The first-order chi connectivity index (χ1) is 12.0. The molecule has 1 atom stereocenters. The summed E-state index contributed by atoms with van der Waals surface area (Å²) in [6.45, 7) is 2.52. The molecular weight excluding hydrogens is 341 g/mol. The van der Waals surface area contributed by atoms with Gasteiger partial charge in [0.2, 0.25) is 10.0 Å². The van der Waals surface area contributed by atoms with Gasteiger partial charge in [-0.3, -0.25) is 0 Å². The largest absolute Gasteiger partial charge is 0.381 e. The smallest absolute Gasteiger partial charge is 0.243 e. The lowest BCUT2D eigenvalue weighted by molar-refractivity contribution is 0.431. The molecule has 132 valence electrons. The van der Waals surface area contributed by atoms with Crippen LogP contribution >= 0.6 is 0 Å². The van der Waals surface area contributed by atoms with E-state index in [0.29, 0.717) is 19.1 Å². The molecule has 1 fully saturated rings. The summed E-state index contributed by atoms with van der Waals surface area (Å²) in [4.78, 5) is -0.00481. The van der Waals surface area contributed by atoms with Gasteiger partial charge in [0.05, 0.1) is 4.90 Å². The summed E-state index contributed by atoms with van der Waals surface area (Å²) in [6, 6.07) is 11.4. The predicted molar refractivity (Wildman–Crippen MR) is 94.2 cm³/mol. The van der Waals surface area contributed by atoms with E-state index < -0.39 is 15.8 Å². The first-order valence-corrected chi connectivity index (χ1v) is 9.82. The molecule has 0 saturated carbocycles. The molecule has 4 rings (SSSR count). The Hall–Kier alpha value is -1.96. The standard InChI is InChI=1S/C18H20FN3O2S/c19-14-4-2-5-16(9-14)25(23,24)22-11-13-3-1-6-18(17(13)12-22)21-15-7-8-20-10-15/h1-6,9,15,20-21H,7-8,10-12H2. The highest BCUT2D eigenvalue weighted by molar-refractivity contribution is 7.89. The van der Waals surface area contributed by atoms with E-state index in [-0.39, 0.29) is 4.90 Å². The van der Waals surface area contributed by atoms with Crippen LogP contribution in [-0.4, -0.2) is 31.9 Å². The Morgan fingerprint density at radius 2 is 2.00 bits per heavy atom. The minimum absolute atomic E-state index is 0.00481. The van der Waals surface area contributed by atoms with E-state index in [1.54, 1.807) is 0 Å². The topological polar surface area (TPSA) is 61.4 Å². The van der Waals surface area contributed by atoms with E-state index in [2.05, 4.69) is 10.6 Å². The van der Waals surface area contributed by atoms with Crippen molar-refractivity contribution >= 4 is 15.7 Å². The first kappa shape index (κ1) is 16.5. The van der Waals surface area contributed by atoms with Gasteiger partial charge in [-0.2, -0.15) is 4.31 Å². The Bertz CT molecular complexity index is 895. The molecule has 5 nitrogen and oxygen atoms in total. The average Bonchev–Trinajstić information content (AvgIpc) is 3.25. The number of rotatable bonds is 4. The van der Waals surface area contributed by atoms with E-state index in [1.807, 2.05) is 18.2 Å². The minimum atomic E-state index is -3.72. The quantitative estimate of drug-likeness (QED) is 0.877. The van der Waals surface area contributed by atoms with Gasteiger partial charge in [0.1, 0.15) is 5.82 Å². The third-order valence-electron chi connectivity index (χ3n) is 4.81. The normalized spacial score (nSPS) is 20.6. The monoisotopic (exact) mass is 361 g/mol.